The number of hydrogen-bond donors (Lipinski definition) is 1. The van der Waals surface area contributed by atoms with Crippen molar-refractivity contribution in [3.05, 3.63) is 53.2 Å². The SMILES string of the molecule is NCc1cc(Oc2cccc(C(=O)N3CC4(CCOCC4)C3)c2)nc(C(F)(F)F)c1. The Labute approximate surface area is 171 Å². The summed E-state index contributed by atoms with van der Waals surface area (Å²) in [5, 5.41) is 0. The van der Waals surface area contributed by atoms with Crippen LogP contribution in [0.15, 0.2) is 36.4 Å². The number of halogens is 3. The molecule has 2 N–H and O–H groups in total. The quantitative estimate of drug-likeness (QED) is 0.816. The Bertz CT molecular complexity index is 935. The summed E-state index contributed by atoms with van der Waals surface area (Å²) >= 11 is 0. The maximum Gasteiger partial charge on any atom is 0.433 e. The molecule has 1 spiro atoms. The predicted molar refractivity (Wildman–Crippen MR) is 102 cm³/mol. The molecule has 1 aromatic carbocycles. The van der Waals surface area contributed by atoms with Crippen molar-refractivity contribution in [2.45, 2.75) is 25.6 Å². The average Bonchev–Trinajstić information content (AvgIpc) is 2.71. The van der Waals surface area contributed by atoms with E-state index in [0.29, 0.717) is 18.7 Å². The van der Waals surface area contributed by atoms with Crippen LogP contribution in [0.25, 0.3) is 0 Å². The molecule has 6 nitrogen and oxygen atoms in total. The van der Waals surface area contributed by atoms with Crippen molar-refractivity contribution >= 4 is 5.91 Å². The number of pyridine rings is 1. The first-order chi connectivity index (χ1) is 14.3. The van der Waals surface area contributed by atoms with E-state index in [4.69, 9.17) is 15.2 Å². The fourth-order valence-corrected chi connectivity index (χ4v) is 3.90. The van der Waals surface area contributed by atoms with Crippen LogP contribution in [0.2, 0.25) is 0 Å². The first kappa shape index (κ1) is 20.6. The maximum atomic E-state index is 13.1. The fourth-order valence-electron chi connectivity index (χ4n) is 3.90. The molecule has 2 saturated heterocycles. The van der Waals surface area contributed by atoms with Crippen molar-refractivity contribution < 1.29 is 27.4 Å². The van der Waals surface area contributed by atoms with Gasteiger partial charge in [-0.1, -0.05) is 6.07 Å². The third kappa shape index (κ3) is 4.27. The summed E-state index contributed by atoms with van der Waals surface area (Å²) in [6, 6.07) is 8.62. The minimum Gasteiger partial charge on any atom is -0.439 e. The van der Waals surface area contributed by atoms with Gasteiger partial charge in [-0.15, -0.1) is 0 Å². The van der Waals surface area contributed by atoms with E-state index in [1.165, 1.54) is 12.1 Å². The second-order valence-corrected chi connectivity index (χ2v) is 7.80. The number of likely N-dealkylation sites (tertiary alicyclic amines) is 1. The topological polar surface area (TPSA) is 77.7 Å². The number of aromatic nitrogens is 1. The molecule has 160 valence electrons. The van der Waals surface area contributed by atoms with E-state index < -0.39 is 11.9 Å². The van der Waals surface area contributed by atoms with Crippen LogP contribution in [0, 0.1) is 5.41 Å². The zero-order valence-corrected chi connectivity index (χ0v) is 16.2. The van der Waals surface area contributed by atoms with Crippen molar-refractivity contribution in [2.24, 2.45) is 11.1 Å². The second-order valence-electron chi connectivity index (χ2n) is 7.80. The molecule has 4 rings (SSSR count). The van der Waals surface area contributed by atoms with Crippen LogP contribution in [0.4, 0.5) is 13.2 Å². The van der Waals surface area contributed by atoms with E-state index in [1.54, 1.807) is 23.1 Å². The van der Waals surface area contributed by atoms with Crippen molar-refractivity contribution in [1.29, 1.82) is 0 Å². The van der Waals surface area contributed by atoms with Gasteiger partial charge in [0.05, 0.1) is 0 Å². The van der Waals surface area contributed by atoms with E-state index in [0.717, 1.165) is 32.1 Å². The van der Waals surface area contributed by atoms with Gasteiger partial charge in [0, 0.05) is 49.9 Å². The van der Waals surface area contributed by atoms with Crippen LogP contribution in [0.1, 0.15) is 34.5 Å². The summed E-state index contributed by atoms with van der Waals surface area (Å²) < 4.78 is 50.1. The smallest absolute Gasteiger partial charge is 0.433 e. The Hall–Kier alpha value is -2.65. The first-order valence-electron chi connectivity index (χ1n) is 9.71. The van der Waals surface area contributed by atoms with Gasteiger partial charge in [0.25, 0.3) is 5.91 Å². The molecule has 3 heterocycles. The molecule has 0 unspecified atom stereocenters. The van der Waals surface area contributed by atoms with Crippen LogP contribution >= 0.6 is 0 Å². The standard InChI is InChI=1S/C21H22F3N3O3/c22-21(23,24)17-8-14(11-25)9-18(26-17)30-16-3-1-2-15(10-16)19(28)27-12-20(13-27)4-6-29-7-5-20/h1-3,8-10H,4-7,11-13,25H2. The molecule has 2 aliphatic rings. The van der Waals surface area contributed by atoms with Crippen molar-refractivity contribution in [3.8, 4) is 11.6 Å². The molecule has 0 aliphatic carbocycles. The van der Waals surface area contributed by atoms with Gasteiger partial charge in [-0.3, -0.25) is 4.79 Å². The lowest BCUT2D eigenvalue weighted by atomic mass is 9.73. The van der Waals surface area contributed by atoms with Gasteiger partial charge in [-0.25, -0.2) is 4.98 Å². The van der Waals surface area contributed by atoms with Gasteiger partial charge >= 0.3 is 6.18 Å². The lowest BCUT2D eigenvalue weighted by Crippen LogP contribution is -2.60. The molecule has 2 fully saturated rings. The number of ether oxygens (including phenoxy) is 2. The second kappa shape index (κ2) is 7.88. The Morgan fingerprint density at radius 3 is 2.60 bits per heavy atom. The van der Waals surface area contributed by atoms with Crippen LogP contribution in [0.3, 0.4) is 0 Å². The van der Waals surface area contributed by atoms with E-state index >= 15 is 0 Å². The molecule has 30 heavy (non-hydrogen) atoms. The normalized spacial score (nSPS) is 18.2. The minimum absolute atomic E-state index is 0.0811. The number of alkyl halides is 3. The molecule has 1 amide bonds. The number of nitrogens with two attached hydrogens (primary N) is 1. The molecule has 0 saturated carbocycles. The van der Waals surface area contributed by atoms with Crippen LogP contribution < -0.4 is 10.5 Å². The molecule has 2 aromatic rings. The van der Waals surface area contributed by atoms with E-state index in [-0.39, 0.29) is 35.1 Å². The lowest BCUT2D eigenvalue weighted by molar-refractivity contribution is -0.141. The minimum atomic E-state index is -4.61. The zero-order chi connectivity index (χ0) is 21.4. The maximum absolute atomic E-state index is 13.1. The highest BCUT2D eigenvalue weighted by molar-refractivity contribution is 5.95. The van der Waals surface area contributed by atoms with Gasteiger partial charge in [-0.2, -0.15) is 13.2 Å². The Balaban J connectivity index is 1.48. The monoisotopic (exact) mass is 421 g/mol. The van der Waals surface area contributed by atoms with Gasteiger partial charge in [0.15, 0.2) is 0 Å². The Morgan fingerprint density at radius 1 is 1.20 bits per heavy atom. The van der Waals surface area contributed by atoms with Gasteiger partial charge in [-0.05, 0) is 42.7 Å². The molecule has 0 radical (unpaired) electrons. The van der Waals surface area contributed by atoms with Crippen molar-refractivity contribution in [2.75, 3.05) is 26.3 Å². The highest BCUT2D eigenvalue weighted by Gasteiger charge is 2.45. The number of carbonyl (C=O) groups excluding carboxylic acids is 1. The highest BCUT2D eigenvalue weighted by Crippen LogP contribution is 2.40. The highest BCUT2D eigenvalue weighted by atomic mass is 19.4. The molecule has 0 bridgehead atoms. The molecular weight excluding hydrogens is 399 g/mol. The third-order valence-electron chi connectivity index (χ3n) is 5.58. The molecule has 1 aromatic heterocycles. The van der Waals surface area contributed by atoms with Gasteiger partial charge in [0.2, 0.25) is 5.88 Å². The molecule has 0 atom stereocenters. The van der Waals surface area contributed by atoms with Crippen molar-refractivity contribution in [3.63, 3.8) is 0 Å². The molecule has 9 heteroatoms. The first-order valence-corrected chi connectivity index (χ1v) is 9.71. The summed E-state index contributed by atoms with van der Waals surface area (Å²) in [5.74, 6) is -0.117. The Kier molecular flexibility index (Phi) is 5.42. The molecular formula is C21H22F3N3O3. The lowest BCUT2D eigenvalue weighted by Gasteiger charge is -2.52. The number of hydrogen-bond acceptors (Lipinski definition) is 5. The third-order valence-corrected chi connectivity index (χ3v) is 5.58. The summed E-state index contributed by atoms with van der Waals surface area (Å²) in [6.07, 6.45) is -2.71. The number of benzene rings is 1. The van der Waals surface area contributed by atoms with E-state index in [1.807, 2.05) is 0 Å². The fraction of sp³-hybridized carbons (Fsp3) is 0.429. The van der Waals surface area contributed by atoms with E-state index in [2.05, 4.69) is 4.98 Å². The Morgan fingerprint density at radius 2 is 1.93 bits per heavy atom. The number of nitrogens with zero attached hydrogens (tertiary/aromatic N) is 2. The molecule has 2 aliphatic heterocycles. The average molecular weight is 421 g/mol. The van der Waals surface area contributed by atoms with Crippen LogP contribution in [-0.2, 0) is 17.5 Å². The van der Waals surface area contributed by atoms with Gasteiger partial charge < -0.3 is 20.1 Å². The number of rotatable bonds is 4. The van der Waals surface area contributed by atoms with E-state index in [9.17, 15) is 18.0 Å². The summed E-state index contributed by atoms with van der Waals surface area (Å²) in [7, 11) is 0. The van der Waals surface area contributed by atoms with Gasteiger partial charge in [0.1, 0.15) is 11.4 Å². The van der Waals surface area contributed by atoms with Crippen LogP contribution in [0.5, 0.6) is 11.6 Å². The summed E-state index contributed by atoms with van der Waals surface area (Å²) in [4.78, 5) is 18.1. The predicted octanol–water partition coefficient (Wildman–Crippen LogP) is 3.60. The zero-order valence-electron chi connectivity index (χ0n) is 16.2. The summed E-state index contributed by atoms with van der Waals surface area (Å²) in [5.41, 5.74) is 5.24. The van der Waals surface area contributed by atoms with Crippen LogP contribution in [-0.4, -0.2) is 42.1 Å². The van der Waals surface area contributed by atoms with Crippen molar-refractivity contribution in [1.82, 2.24) is 9.88 Å². The number of amides is 1. The largest absolute Gasteiger partial charge is 0.439 e. The number of carbonyl (C=O) groups is 1. The summed E-state index contributed by atoms with van der Waals surface area (Å²) in [6.45, 7) is 2.74.